The molecule has 0 fully saturated rings. The summed E-state index contributed by atoms with van der Waals surface area (Å²) in [4.78, 5) is 0. The van der Waals surface area contributed by atoms with Gasteiger partial charge in [0, 0.05) is 6.04 Å². The Morgan fingerprint density at radius 1 is 1.00 bits per heavy atom. The maximum Gasteiger partial charge on any atom is 0.128 e. The van der Waals surface area contributed by atoms with E-state index in [2.05, 4.69) is 0 Å². The van der Waals surface area contributed by atoms with Gasteiger partial charge in [0.1, 0.15) is 11.5 Å². The number of hydrogen-bond acceptors (Lipinski definition) is 2. The summed E-state index contributed by atoms with van der Waals surface area (Å²) in [5.41, 5.74) is 6.77. The standard InChI is InChI=1S/C16H17NO/c1-13(17)10-11-14-6-5-9-16(12-14)18-15-7-3-2-4-8-15/h2-13H,17H2,1H3. The molecule has 0 saturated heterocycles. The molecule has 18 heavy (non-hydrogen) atoms. The summed E-state index contributed by atoms with van der Waals surface area (Å²) >= 11 is 0. The minimum Gasteiger partial charge on any atom is -0.457 e. The first-order valence-corrected chi connectivity index (χ1v) is 6.01. The fraction of sp³-hybridized carbons (Fsp3) is 0.125. The Labute approximate surface area is 108 Å². The summed E-state index contributed by atoms with van der Waals surface area (Å²) in [5.74, 6) is 1.67. The Morgan fingerprint density at radius 3 is 2.44 bits per heavy atom. The molecule has 0 radical (unpaired) electrons. The van der Waals surface area contributed by atoms with Gasteiger partial charge in [0.25, 0.3) is 0 Å². The SMILES string of the molecule is CC(N)C=Cc1cccc(Oc2ccccc2)c1. The van der Waals surface area contributed by atoms with Crippen LogP contribution in [0.1, 0.15) is 12.5 Å². The average molecular weight is 239 g/mol. The molecule has 0 saturated carbocycles. The van der Waals surface area contributed by atoms with Crippen molar-refractivity contribution in [2.24, 2.45) is 5.73 Å². The van der Waals surface area contributed by atoms with E-state index < -0.39 is 0 Å². The van der Waals surface area contributed by atoms with Crippen molar-refractivity contribution in [2.45, 2.75) is 13.0 Å². The number of benzene rings is 2. The van der Waals surface area contributed by atoms with Gasteiger partial charge in [-0.2, -0.15) is 0 Å². The first-order chi connectivity index (χ1) is 8.74. The van der Waals surface area contributed by atoms with E-state index in [1.165, 1.54) is 0 Å². The Morgan fingerprint density at radius 2 is 1.72 bits per heavy atom. The van der Waals surface area contributed by atoms with Gasteiger partial charge in [-0.1, -0.05) is 42.5 Å². The molecule has 2 aromatic rings. The average Bonchev–Trinajstić information content (AvgIpc) is 2.38. The predicted octanol–water partition coefficient (Wildman–Crippen LogP) is 3.84. The first-order valence-electron chi connectivity index (χ1n) is 6.01. The summed E-state index contributed by atoms with van der Waals surface area (Å²) in [5, 5.41) is 0. The van der Waals surface area contributed by atoms with E-state index >= 15 is 0 Å². The molecule has 0 aromatic heterocycles. The summed E-state index contributed by atoms with van der Waals surface area (Å²) in [7, 11) is 0. The molecule has 2 heteroatoms. The summed E-state index contributed by atoms with van der Waals surface area (Å²) in [6.45, 7) is 1.95. The molecule has 0 aliphatic carbocycles. The largest absolute Gasteiger partial charge is 0.457 e. The molecule has 2 rings (SSSR count). The second kappa shape index (κ2) is 6.03. The van der Waals surface area contributed by atoms with Crippen LogP contribution in [0.15, 0.2) is 60.7 Å². The van der Waals surface area contributed by atoms with Crippen LogP contribution in [0.2, 0.25) is 0 Å². The Hall–Kier alpha value is -2.06. The number of rotatable bonds is 4. The highest BCUT2D eigenvalue weighted by molar-refractivity contribution is 5.52. The first kappa shape index (κ1) is 12.4. The van der Waals surface area contributed by atoms with E-state index in [0.717, 1.165) is 17.1 Å². The van der Waals surface area contributed by atoms with E-state index in [-0.39, 0.29) is 6.04 Å². The molecule has 1 unspecified atom stereocenters. The monoisotopic (exact) mass is 239 g/mol. The van der Waals surface area contributed by atoms with Gasteiger partial charge < -0.3 is 10.5 Å². The minimum atomic E-state index is 0.0590. The van der Waals surface area contributed by atoms with E-state index in [1.54, 1.807) is 0 Å². The molecule has 0 aliphatic heterocycles. The summed E-state index contributed by atoms with van der Waals surface area (Å²) in [6, 6.07) is 17.7. The Kier molecular flexibility index (Phi) is 4.15. The van der Waals surface area contributed by atoms with Crippen molar-refractivity contribution in [2.75, 3.05) is 0 Å². The van der Waals surface area contributed by atoms with E-state index in [4.69, 9.17) is 10.5 Å². The molecular formula is C16H17NO. The van der Waals surface area contributed by atoms with Crippen LogP contribution in [0, 0.1) is 0 Å². The van der Waals surface area contributed by atoms with Gasteiger partial charge in [-0.3, -0.25) is 0 Å². The normalized spacial score (nSPS) is 12.6. The third-order valence-corrected chi connectivity index (χ3v) is 2.43. The van der Waals surface area contributed by atoms with Crippen molar-refractivity contribution in [3.63, 3.8) is 0 Å². The van der Waals surface area contributed by atoms with Crippen LogP contribution in [-0.4, -0.2) is 6.04 Å². The number of ether oxygens (including phenoxy) is 1. The van der Waals surface area contributed by atoms with E-state index in [0.29, 0.717) is 0 Å². The molecule has 2 aromatic carbocycles. The third kappa shape index (κ3) is 3.75. The van der Waals surface area contributed by atoms with Crippen LogP contribution in [0.3, 0.4) is 0 Å². The quantitative estimate of drug-likeness (QED) is 0.879. The van der Waals surface area contributed by atoms with Crippen molar-refractivity contribution in [1.29, 1.82) is 0 Å². The van der Waals surface area contributed by atoms with E-state index in [1.807, 2.05) is 73.7 Å². The van der Waals surface area contributed by atoms with Crippen LogP contribution in [-0.2, 0) is 0 Å². The smallest absolute Gasteiger partial charge is 0.128 e. The fourth-order valence-corrected chi connectivity index (χ4v) is 1.57. The molecule has 0 amide bonds. The molecule has 0 aliphatic rings. The highest BCUT2D eigenvalue weighted by atomic mass is 16.5. The van der Waals surface area contributed by atoms with Crippen molar-refractivity contribution >= 4 is 6.08 Å². The van der Waals surface area contributed by atoms with Gasteiger partial charge in [0.2, 0.25) is 0 Å². The van der Waals surface area contributed by atoms with Crippen LogP contribution in [0.25, 0.3) is 6.08 Å². The van der Waals surface area contributed by atoms with E-state index in [9.17, 15) is 0 Å². The highest BCUT2D eigenvalue weighted by Gasteiger charge is 1.97. The zero-order valence-corrected chi connectivity index (χ0v) is 10.4. The van der Waals surface area contributed by atoms with Gasteiger partial charge in [0.05, 0.1) is 0 Å². The van der Waals surface area contributed by atoms with Crippen molar-refractivity contribution in [3.8, 4) is 11.5 Å². The lowest BCUT2D eigenvalue weighted by Crippen LogP contribution is -2.09. The van der Waals surface area contributed by atoms with Gasteiger partial charge in [0.15, 0.2) is 0 Å². The van der Waals surface area contributed by atoms with Crippen LogP contribution in [0.4, 0.5) is 0 Å². The zero-order chi connectivity index (χ0) is 12.8. The molecule has 2 nitrogen and oxygen atoms in total. The van der Waals surface area contributed by atoms with Crippen molar-refractivity contribution < 1.29 is 4.74 Å². The van der Waals surface area contributed by atoms with Gasteiger partial charge in [-0.15, -0.1) is 0 Å². The number of para-hydroxylation sites is 1. The number of hydrogen-bond donors (Lipinski definition) is 1. The molecule has 2 N–H and O–H groups in total. The number of nitrogens with two attached hydrogens (primary N) is 1. The lowest BCUT2D eigenvalue weighted by atomic mass is 10.2. The van der Waals surface area contributed by atoms with Gasteiger partial charge in [-0.05, 0) is 36.8 Å². The highest BCUT2D eigenvalue weighted by Crippen LogP contribution is 2.22. The fourth-order valence-electron chi connectivity index (χ4n) is 1.57. The topological polar surface area (TPSA) is 35.2 Å². The van der Waals surface area contributed by atoms with Crippen LogP contribution in [0.5, 0.6) is 11.5 Å². The van der Waals surface area contributed by atoms with Crippen molar-refractivity contribution in [3.05, 3.63) is 66.2 Å². The van der Waals surface area contributed by atoms with Gasteiger partial charge in [-0.25, -0.2) is 0 Å². The summed E-state index contributed by atoms with van der Waals surface area (Å²) in [6.07, 6.45) is 3.96. The molecule has 0 bridgehead atoms. The second-order valence-electron chi connectivity index (χ2n) is 4.21. The molecule has 0 heterocycles. The van der Waals surface area contributed by atoms with Crippen LogP contribution >= 0.6 is 0 Å². The van der Waals surface area contributed by atoms with Crippen LogP contribution < -0.4 is 10.5 Å². The Balaban J connectivity index is 2.13. The second-order valence-corrected chi connectivity index (χ2v) is 4.21. The molecular weight excluding hydrogens is 222 g/mol. The zero-order valence-electron chi connectivity index (χ0n) is 10.4. The minimum absolute atomic E-state index is 0.0590. The van der Waals surface area contributed by atoms with Crippen molar-refractivity contribution in [1.82, 2.24) is 0 Å². The lowest BCUT2D eigenvalue weighted by molar-refractivity contribution is 0.482. The molecule has 0 spiro atoms. The van der Waals surface area contributed by atoms with Gasteiger partial charge >= 0.3 is 0 Å². The summed E-state index contributed by atoms with van der Waals surface area (Å²) < 4.78 is 5.76. The third-order valence-electron chi connectivity index (χ3n) is 2.43. The maximum atomic E-state index is 5.76. The molecule has 1 atom stereocenters. The maximum absolute atomic E-state index is 5.76. The Bertz CT molecular complexity index is 518. The lowest BCUT2D eigenvalue weighted by Gasteiger charge is -2.06. The molecule has 92 valence electrons. The predicted molar refractivity (Wildman–Crippen MR) is 75.6 cm³/mol.